The third-order valence-electron chi connectivity index (χ3n) is 2.84. The summed E-state index contributed by atoms with van der Waals surface area (Å²) in [5.41, 5.74) is 2.86. The second kappa shape index (κ2) is 5.17. The number of rotatable bonds is 3. The summed E-state index contributed by atoms with van der Waals surface area (Å²) in [4.78, 5) is 0. The van der Waals surface area contributed by atoms with E-state index in [1.807, 2.05) is 32.0 Å². The molecule has 0 spiro atoms. The Kier molecular flexibility index (Phi) is 3.60. The van der Waals surface area contributed by atoms with Crippen LogP contribution in [0.15, 0.2) is 42.5 Å². The van der Waals surface area contributed by atoms with E-state index in [1.54, 1.807) is 0 Å². The highest BCUT2D eigenvalue weighted by molar-refractivity contribution is 5.46. The number of benzene rings is 2. The van der Waals surface area contributed by atoms with E-state index in [0.29, 0.717) is 5.69 Å². The number of halogens is 2. The van der Waals surface area contributed by atoms with Crippen LogP contribution >= 0.6 is 0 Å². The number of anilines is 1. The van der Waals surface area contributed by atoms with Gasteiger partial charge >= 0.3 is 0 Å². The Hall–Kier alpha value is -1.90. The van der Waals surface area contributed by atoms with Crippen LogP contribution in [-0.2, 0) is 0 Å². The molecule has 0 heterocycles. The van der Waals surface area contributed by atoms with E-state index in [-0.39, 0.29) is 6.04 Å². The fourth-order valence-corrected chi connectivity index (χ4v) is 1.86. The number of nitrogens with one attached hydrogen (secondary N) is 1. The summed E-state index contributed by atoms with van der Waals surface area (Å²) in [6.45, 7) is 4.00. The highest BCUT2D eigenvalue weighted by Gasteiger charge is 2.07. The van der Waals surface area contributed by atoms with Crippen molar-refractivity contribution in [2.45, 2.75) is 19.9 Å². The highest BCUT2D eigenvalue weighted by atomic mass is 19.2. The van der Waals surface area contributed by atoms with Crippen LogP contribution in [0.25, 0.3) is 0 Å². The smallest absolute Gasteiger partial charge is 0.160 e. The van der Waals surface area contributed by atoms with E-state index in [2.05, 4.69) is 11.4 Å². The molecule has 2 aromatic rings. The first kappa shape index (κ1) is 12.6. The minimum Gasteiger partial charge on any atom is -0.378 e. The van der Waals surface area contributed by atoms with Crippen molar-refractivity contribution in [2.75, 3.05) is 5.32 Å². The molecule has 2 rings (SSSR count). The quantitative estimate of drug-likeness (QED) is 0.845. The molecule has 0 fully saturated rings. The van der Waals surface area contributed by atoms with E-state index in [4.69, 9.17) is 0 Å². The summed E-state index contributed by atoms with van der Waals surface area (Å²) in [7, 11) is 0. The lowest BCUT2D eigenvalue weighted by Crippen LogP contribution is -2.07. The molecule has 1 atom stereocenters. The van der Waals surface area contributed by atoms with Crippen LogP contribution < -0.4 is 5.32 Å². The molecule has 0 amide bonds. The predicted octanol–water partition coefficient (Wildman–Crippen LogP) is 4.45. The largest absolute Gasteiger partial charge is 0.378 e. The molecule has 0 aliphatic carbocycles. The van der Waals surface area contributed by atoms with Gasteiger partial charge in [-0.3, -0.25) is 0 Å². The summed E-state index contributed by atoms with van der Waals surface area (Å²) in [6.07, 6.45) is 0. The maximum absolute atomic E-state index is 13.1. The fourth-order valence-electron chi connectivity index (χ4n) is 1.86. The zero-order valence-electron chi connectivity index (χ0n) is 10.4. The molecule has 1 unspecified atom stereocenters. The Bertz CT molecular complexity index is 552. The Labute approximate surface area is 105 Å². The lowest BCUT2D eigenvalue weighted by Gasteiger charge is -2.16. The van der Waals surface area contributed by atoms with E-state index < -0.39 is 11.6 Å². The summed E-state index contributed by atoms with van der Waals surface area (Å²) < 4.78 is 25.9. The molecular weight excluding hydrogens is 232 g/mol. The van der Waals surface area contributed by atoms with Gasteiger partial charge < -0.3 is 5.32 Å². The molecule has 0 saturated heterocycles. The van der Waals surface area contributed by atoms with Crippen molar-refractivity contribution in [3.8, 4) is 0 Å². The van der Waals surface area contributed by atoms with Crippen molar-refractivity contribution in [1.82, 2.24) is 0 Å². The van der Waals surface area contributed by atoms with Gasteiger partial charge in [-0.1, -0.05) is 29.8 Å². The molecule has 1 nitrogen and oxygen atoms in total. The van der Waals surface area contributed by atoms with Gasteiger partial charge in [0.25, 0.3) is 0 Å². The molecule has 1 N–H and O–H groups in total. The molecule has 0 bridgehead atoms. The van der Waals surface area contributed by atoms with Gasteiger partial charge in [-0.2, -0.15) is 0 Å². The van der Waals surface area contributed by atoms with E-state index in [0.717, 1.165) is 11.6 Å². The average Bonchev–Trinajstić information content (AvgIpc) is 2.34. The lowest BCUT2D eigenvalue weighted by atomic mass is 10.1. The van der Waals surface area contributed by atoms with Crippen LogP contribution in [-0.4, -0.2) is 0 Å². The van der Waals surface area contributed by atoms with Crippen LogP contribution in [0.3, 0.4) is 0 Å². The maximum atomic E-state index is 13.1. The molecule has 3 heteroatoms. The van der Waals surface area contributed by atoms with Crippen LogP contribution in [0.5, 0.6) is 0 Å². The van der Waals surface area contributed by atoms with Gasteiger partial charge in [-0.05, 0) is 31.5 Å². The van der Waals surface area contributed by atoms with Crippen molar-refractivity contribution in [3.05, 3.63) is 65.2 Å². The first-order chi connectivity index (χ1) is 8.56. The van der Waals surface area contributed by atoms with Gasteiger partial charge in [0, 0.05) is 17.8 Å². The van der Waals surface area contributed by atoms with Crippen LogP contribution in [0.2, 0.25) is 0 Å². The normalized spacial score (nSPS) is 12.2. The second-order valence-electron chi connectivity index (χ2n) is 4.41. The standard InChI is InChI=1S/C15H15F2N/c1-10-4-3-5-12(8-10)11(2)18-13-6-7-14(16)15(17)9-13/h3-9,11,18H,1-2H3. The SMILES string of the molecule is Cc1cccc(C(C)Nc2ccc(F)c(F)c2)c1. The van der Waals surface area contributed by atoms with Crippen molar-refractivity contribution >= 4 is 5.69 Å². The summed E-state index contributed by atoms with van der Waals surface area (Å²) in [5.74, 6) is -1.67. The number of hydrogen-bond acceptors (Lipinski definition) is 1. The molecule has 94 valence electrons. The van der Waals surface area contributed by atoms with Crippen LogP contribution in [0.4, 0.5) is 14.5 Å². The van der Waals surface area contributed by atoms with Gasteiger partial charge in [0.05, 0.1) is 0 Å². The summed E-state index contributed by atoms with van der Waals surface area (Å²) in [5, 5.41) is 3.15. The highest BCUT2D eigenvalue weighted by Crippen LogP contribution is 2.21. The summed E-state index contributed by atoms with van der Waals surface area (Å²) >= 11 is 0. The molecular formula is C15H15F2N. The molecule has 0 saturated carbocycles. The van der Waals surface area contributed by atoms with Crippen molar-refractivity contribution in [1.29, 1.82) is 0 Å². The van der Waals surface area contributed by atoms with Gasteiger partial charge in [-0.25, -0.2) is 8.78 Å². The van der Waals surface area contributed by atoms with E-state index >= 15 is 0 Å². The van der Waals surface area contributed by atoms with Crippen LogP contribution in [0.1, 0.15) is 24.1 Å². The Morgan fingerprint density at radius 2 is 1.78 bits per heavy atom. The number of hydrogen-bond donors (Lipinski definition) is 1. The minimum absolute atomic E-state index is 0.0368. The molecule has 0 radical (unpaired) electrons. The fraction of sp³-hybridized carbons (Fsp3) is 0.200. The van der Waals surface area contributed by atoms with Crippen molar-refractivity contribution in [2.24, 2.45) is 0 Å². The zero-order chi connectivity index (χ0) is 13.1. The second-order valence-corrected chi connectivity index (χ2v) is 4.41. The average molecular weight is 247 g/mol. The molecule has 0 aliphatic rings. The van der Waals surface area contributed by atoms with Crippen molar-refractivity contribution in [3.63, 3.8) is 0 Å². The number of aryl methyl sites for hydroxylation is 1. The predicted molar refractivity (Wildman–Crippen MR) is 69.6 cm³/mol. The first-order valence-electron chi connectivity index (χ1n) is 5.84. The lowest BCUT2D eigenvalue weighted by molar-refractivity contribution is 0.509. The van der Waals surface area contributed by atoms with Gasteiger partial charge in [0.15, 0.2) is 11.6 Å². The summed E-state index contributed by atoms with van der Waals surface area (Å²) in [6, 6.07) is 11.9. The van der Waals surface area contributed by atoms with Crippen molar-refractivity contribution < 1.29 is 8.78 Å². The van der Waals surface area contributed by atoms with Gasteiger partial charge in [-0.15, -0.1) is 0 Å². The molecule has 18 heavy (non-hydrogen) atoms. The Morgan fingerprint density at radius 3 is 2.44 bits per heavy atom. The molecule has 0 aromatic heterocycles. The molecule has 0 aliphatic heterocycles. The Morgan fingerprint density at radius 1 is 1.00 bits per heavy atom. The van der Waals surface area contributed by atoms with E-state index in [9.17, 15) is 8.78 Å². The third-order valence-corrected chi connectivity index (χ3v) is 2.84. The van der Waals surface area contributed by atoms with Crippen LogP contribution in [0, 0.1) is 18.6 Å². The topological polar surface area (TPSA) is 12.0 Å². The van der Waals surface area contributed by atoms with Gasteiger partial charge in [0.2, 0.25) is 0 Å². The minimum atomic E-state index is -0.837. The third kappa shape index (κ3) is 2.86. The molecule has 2 aromatic carbocycles. The maximum Gasteiger partial charge on any atom is 0.160 e. The first-order valence-corrected chi connectivity index (χ1v) is 5.84. The van der Waals surface area contributed by atoms with Gasteiger partial charge in [0.1, 0.15) is 0 Å². The Balaban J connectivity index is 2.16. The monoisotopic (exact) mass is 247 g/mol. The van der Waals surface area contributed by atoms with E-state index in [1.165, 1.54) is 17.7 Å². The zero-order valence-corrected chi connectivity index (χ0v) is 10.4.